The Morgan fingerprint density at radius 3 is 1.81 bits per heavy atom. The fraction of sp³-hybridized carbons (Fsp3) is 0.895. The van der Waals surface area contributed by atoms with Crippen LogP contribution in [0.15, 0.2) is 12.2 Å². The van der Waals surface area contributed by atoms with Crippen molar-refractivity contribution in [3.8, 4) is 0 Å². The summed E-state index contributed by atoms with van der Waals surface area (Å²) in [5.74, 6) is 0.280. The maximum Gasteiger partial charge on any atom is 0.0588 e. The Morgan fingerprint density at radius 2 is 1.33 bits per heavy atom. The molecule has 21 heavy (non-hydrogen) atoms. The monoisotopic (exact) mass is 297 g/mol. The van der Waals surface area contributed by atoms with Crippen molar-refractivity contribution in [2.45, 2.75) is 96.9 Å². The maximum atomic E-state index is 8.95. The van der Waals surface area contributed by atoms with E-state index in [-0.39, 0.29) is 18.6 Å². The highest BCUT2D eigenvalue weighted by molar-refractivity contribution is 4.90. The third-order valence-electron chi connectivity index (χ3n) is 4.30. The summed E-state index contributed by atoms with van der Waals surface area (Å²) in [6, 6.07) is -0.112. The molecule has 0 saturated carbocycles. The molecule has 2 nitrogen and oxygen atoms in total. The largest absolute Gasteiger partial charge is 0.395 e. The van der Waals surface area contributed by atoms with Crippen molar-refractivity contribution in [1.82, 2.24) is 0 Å². The van der Waals surface area contributed by atoms with Gasteiger partial charge < -0.3 is 10.8 Å². The fourth-order valence-electron chi connectivity index (χ4n) is 2.55. The van der Waals surface area contributed by atoms with Crippen LogP contribution in [0.4, 0.5) is 0 Å². The molecule has 0 radical (unpaired) electrons. The van der Waals surface area contributed by atoms with Crippen LogP contribution >= 0.6 is 0 Å². The van der Waals surface area contributed by atoms with E-state index in [0.29, 0.717) is 0 Å². The topological polar surface area (TPSA) is 46.2 Å². The molecule has 0 saturated heterocycles. The Balaban J connectivity index is 3.20. The molecule has 0 aliphatic rings. The molecule has 0 aromatic heterocycles. The van der Waals surface area contributed by atoms with Crippen molar-refractivity contribution in [3.63, 3.8) is 0 Å². The number of rotatable bonds is 15. The van der Waals surface area contributed by atoms with Crippen molar-refractivity contribution in [2.75, 3.05) is 6.61 Å². The summed E-state index contributed by atoms with van der Waals surface area (Å²) >= 11 is 0. The minimum Gasteiger partial charge on any atom is -0.395 e. The van der Waals surface area contributed by atoms with Gasteiger partial charge in [0.25, 0.3) is 0 Å². The lowest BCUT2D eigenvalue weighted by molar-refractivity contribution is 0.246. The summed E-state index contributed by atoms with van der Waals surface area (Å²) in [5, 5.41) is 8.95. The Hall–Kier alpha value is -0.340. The average Bonchev–Trinajstić information content (AvgIpc) is 2.50. The van der Waals surface area contributed by atoms with Crippen LogP contribution in [-0.4, -0.2) is 17.8 Å². The van der Waals surface area contributed by atoms with Crippen LogP contribution in [0, 0.1) is 5.92 Å². The quantitative estimate of drug-likeness (QED) is 0.322. The Kier molecular flexibility index (Phi) is 15.8. The van der Waals surface area contributed by atoms with Crippen molar-refractivity contribution in [1.29, 1.82) is 0 Å². The van der Waals surface area contributed by atoms with Gasteiger partial charge in [-0.1, -0.05) is 90.2 Å². The summed E-state index contributed by atoms with van der Waals surface area (Å²) in [4.78, 5) is 0. The van der Waals surface area contributed by atoms with E-state index < -0.39 is 0 Å². The van der Waals surface area contributed by atoms with Crippen LogP contribution < -0.4 is 5.73 Å². The van der Waals surface area contributed by atoms with Crippen LogP contribution in [0.2, 0.25) is 0 Å². The lowest BCUT2D eigenvalue weighted by atomic mass is 10.0. The first-order chi connectivity index (χ1) is 10.2. The second kappa shape index (κ2) is 16.0. The first-order valence-corrected chi connectivity index (χ1v) is 9.25. The molecule has 0 aliphatic heterocycles. The fourth-order valence-corrected chi connectivity index (χ4v) is 2.55. The molecular formula is C19H39NO. The second-order valence-corrected chi connectivity index (χ2v) is 6.46. The third kappa shape index (κ3) is 14.4. The first-order valence-electron chi connectivity index (χ1n) is 9.25. The molecule has 0 aromatic carbocycles. The average molecular weight is 298 g/mol. The lowest BCUT2D eigenvalue weighted by Crippen LogP contribution is -2.30. The molecule has 2 heteroatoms. The molecule has 0 spiro atoms. The summed E-state index contributed by atoms with van der Waals surface area (Å²) in [6.07, 6.45) is 20.9. The van der Waals surface area contributed by atoms with Crippen LogP contribution in [0.5, 0.6) is 0 Å². The van der Waals surface area contributed by atoms with Gasteiger partial charge in [0.15, 0.2) is 0 Å². The molecule has 0 bridgehead atoms. The van der Waals surface area contributed by atoms with Gasteiger partial charge in [-0.3, -0.25) is 0 Å². The number of nitrogens with two attached hydrogens (primary N) is 1. The van der Waals surface area contributed by atoms with Crippen molar-refractivity contribution < 1.29 is 5.11 Å². The summed E-state index contributed by atoms with van der Waals surface area (Å²) in [6.45, 7) is 4.42. The highest BCUT2D eigenvalue weighted by Crippen LogP contribution is 2.12. The third-order valence-corrected chi connectivity index (χ3v) is 4.30. The van der Waals surface area contributed by atoms with Gasteiger partial charge in [-0.25, -0.2) is 0 Å². The molecule has 0 aromatic rings. The van der Waals surface area contributed by atoms with E-state index in [1.807, 2.05) is 0 Å². The predicted molar refractivity (Wildman–Crippen MR) is 94.4 cm³/mol. The van der Waals surface area contributed by atoms with Crippen molar-refractivity contribution >= 4 is 0 Å². The zero-order valence-electron chi connectivity index (χ0n) is 14.5. The lowest BCUT2D eigenvalue weighted by Gasteiger charge is -2.12. The van der Waals surface area contributed by atoms with E-state index in [9.17, 15) is 0 Å². The Bertz CT molecular complexity index is 228. The molecule has 0 amide bonds. The van der Waals surface area contributed by atoms with E-state index in [1.54, 1.807) is 0 Å². The summed E-state index contributed by atoms with van der Waals surface area (Å²) in [5.41, 5.74) is 5.76. The number of hydrogen-bond donors (Lipinski definition) is 2. The molecular weight excluding hydrogens is 258 g/mol. The van der Waals surface area contributed by atoms with Gasteiger partial charge in [0.05, 0.1) is 6.61 Å². The highest BCUT2D eigenvalue weighted by atomic mass is 16.3. The van der Waals surface area contributed by atoms with Gasteiger partial charge in [-0.15, -0.1) is 0 Å². The van der Waals surface area contributed by atoms with Gasteiger partial charge in [0.1, 0.15) is 0 Å². The van der Waals surface area contributed by atoms with E-state index in [4.69, 9.17) is 10.8 Å². The number of unbranched alkanes of at least 4 members (excludes halogenated alkanes) is 11. The molecule has 0 heterocycles. The molecule has 0 fully saturated rings. The maximum absolute atomic E-state index is 8.95. The number of allylic oxidation sites excluding steroid dienone is 1. The predicted octanol–water partition coefficient (Wildman–Crippen LogP) is 5.20. The molecule has 3 N–H and O–H groups in total. The van der Waals surface area contributed by atoms with Crippen molar-refractivity contribution in [3.05, 3.63) is 12.2 Å². The molecule has 0 rings (SSSR count). The van der Waals surface area contributed by atoms with Crippen LogP contribution in [-0.2, 0) is 0 Å². The summed E-state index contributed by atoms with van der Waals surface area (Å²) in [7, 11) is 0. The normalized spacial score (nSPS) is 14.7. The van der Waals surface area contributed by atoms with Crippen LogP contribution in [0.3, 0.4) is 0 Å². The smallest absolute Gasteiger partial charge is 0.0588 e. The van der Waals surface area contributed by atoms with Gasteiger partial charge in [0, 0.05) is 6.04 Å². The molecule has 2 atom stereocenters. The molecule has 0 aliphatic carbocycles. The van der Waals surface area contributed by atoms with Crippen LogP contribution in [0.1, 0.15) is 90.9 Å². The van der Waals surface area contributed by atoms with Gasteiger partial charge in [-0.05, 0) is 18.8 Å². The van der Waals surface area contributed by atoms with E-state index in [1.165, 1.54) is 70.6 Å². The van der Waals surface area contributed by atoms with Gasteiger partial charge >= 0.3 is 0 Å². The van der Waals surface area contributed by atoms with Crippen molar-refractivity contribution in [2.24, 2.45) is 11.7 Å². The first kappa shape index (κ1) is 20.7. The molecule has 2 unspecified atom stereocenters. The number of hydrogen-bond acceptors (Lipinski definition) is 2. The molecule has 126 valence electrons. The van der Waals surface area contributed by atoms with E-state index in [2.05, 4.69) is 26.0 Å². The number of aliphatic hydroxyl groups is 1. The van der Waals surface area contributed by atoms with E-state index >= 15 is 0 Å². The zero-order chi connectivity index (χ0) is 15.8. The second-order valence-electron chi connectivity index (χ2n) is 6.46. The Labute approximate surface area is 133 Å². The summed E-state index contributed by atoms with van der Waals surface area (Å²) < 4.78 is 0. The van der Waals surface area contributed by atoms with E-state index in [0.717, 1.165) is 6.42 Å². The highest BCUT2D eigenvalue weighted by Gasteiger charge is 2.06. The number of aliphatic hydroxyl groups excluding tert-OH is 1. The Morgan fingerprint density at radius 1 is 0.857 bits per heavy atom. The minimum atomic E-state index is -0.112. The van der Waals surface area contributed by atoms with Crippen LogP contribution in [0.25, 0.3) is 0 Å². The SMILES string of the molecule is CCCCCCCCCCCCC/C=C/C(C)C(N)CO. The van der Waals surface area contributed by atoms with Gasteiger partial charge in [-0.2, -0.15) is 0 Å². The van der Waals surface area contributed by atoms with Gasteiger partial charge in [0.2, 0.25) is 0 Å². The zero-order valence-corrected chi connectivity index (χ0v) is 14.5. The minimum absolute atomic E-state index is 0.0734. The standard InChI is InChI=1S/C19H39NO/c1-3-4-5-6-7-8-9-10-11-12-13-14-15-16-18(2)19(20)17-21/h15-16,18-19,21H,3-14,17,20H2,1-2H3/b16-15+.